The number of pyridine rings is 1. The number of rotatable bonds is 5. The predicted molar refractivity (Wildman–Crippen MR) is 90.4 cm³/mol. The monoisotopic (exact) mass is 335 g/mol. The minimum atomic E-state index is -0.959. The molecule has 0 spiro atoms. The van der Waals surface area contributed by atoms with Crippen molar-refractivity contribution in [3.05, 3.63) is 49.2 Å². The van der Waals surface area contributed by atoms with E-state index in [0.29, 0.717) is 23.0 Å². The molecule has 0 saturated carbocycles. The standard InChI is InChI=1S/C16H13N7O2/c24-15(25)8-19-13-7-11(10-3-4-18-16(10)20-13)12-1-2-14(22-21-12)23-6-5-17-9-23/h1-7,9H,8H2,(H,24,25)(H2,18,19,20). The molecule has 4 rings (SSSR count). The summed E-state index contributed by atoms with van der Waals surface area (Å²) in [5.41, 5.74) is 2.11. The van der Waals surface area contributed by atoms with Crippen molar-refractivity contribution >= 4 is 22.8 Å². The van der Waals surface area contributed by atoms with Gasteiger partial charge in [0.15, 0.2) is 5.82 Å². The number of aromatic nitrogens is 6. The van der Waals surface area contributed by atoms with Gasteiger partial charge in [-0.15, -0.1) is 10.2 Å². The summed E-state index contributed by atoms with van der Waals surface area (Å²) in [5.74, 6) is 0.150. The van der Waals surface area contributed by atoms with E-state index in [4.69, 9.17) is 5.11 Å². The van der Waals surface area contributed by atoms with Crippen molar-refractivity contribution in [1.82, 2.24) is 29.7 Å². The number of carboxylic acids is 1. The zero-order valence-corrected chi connectivity index (χ0v) is 12.9. The summed E-state index contributed by atoms with van der Waals surface area (Å²) in [7, 11) is 0. The van der Waals surface area contributed by atoms with Crippen molar-refractivity contribution in [2.45, 2.75) is 0 Å². The van der Waals surface area contributed by atoms with Crippen LogP contribution in [0.4, 0.5) is 5.82 Å². The second-order valence-corrected chi connectivity index (χ2v) is 5.29. The van der Waals surface area contributed by atoms with Crippen LogP contribution in [0.15, 0.2) is 49.2 Å². The Morgan fingerprint density at radius 3 is 2.92 bits per heavy atom. The van der Waals surface area contributed by atoms with Gasteiger partial charge in [0.25, 0.3) is 0 Å². The topological polar surface area (TPSA) is 122 Å². The molecule has 0 aromatic carbocycles. The van der Waals surface area contributed by atoms with Crippen LogP contribution in [0.5, 0.6) is 0 Å². The molecule has 9 heteroatoms. The number of nitrogens with one attached hydrogen (secondary N) is 2. The van der Waals surface area contributed by atoms with Crippen molar-refractivity contribution in [3.63, 3.8) is 0 Å². The fourth-order valence-corrected chi connectivity index (χ4v) is 2.51. The Morgan fingerprint density at radius 1 is 1.28 bits per heavy atom. The number of fused-ring (bicyclic) bond motifs is 1. The van der Waals surface area contributed by atoms with Gasteiger partial charge < -0.3 is 15.4 Å². The van der Waals surface area contributed by atoms with E-state index < -0.39 is 5.97 Å². The van der Waals surface area contributed by atoms with E-state index >= 15 is 0 Å². The molecule has 0 atom stereocenters. The lowest BCUT2D eigenvalue weighted by Gasteiger charge is -2.08. The Labute approximate surface area is 141 Å². The van der Waals surface area contributed by atoms with Crippen molar-refractivity contribution in [1.29, 1.82) is 0 Å². The number of carboxylic acid groups (broad SMARTS) is 1. The van der Waals surface area contributed by atoms with Gasteiger partial charge in [-0.3, -0.25) is 9.36 Å². The number of aromatic amines is 1. The second-order valence-electron chi connectivity index (χ2n) is 5.29. The maximum atomic E-state index is 10.8. The molecule has 0 unspecified atom stereocenters. The molecule has 0 fully saturated rings. The first kappa shape index (κ1) is 14.8. The van der Waals surface area contributed by atoms with E-state index in [0.717, 1.165) is 10.9 Å². The minimum absolute atomic E-state index is 0.218. The zero-order chi connectivity index (χ0) is 17.2. The SMILES string of the molecule is O=C(O)CNc1cc(-c2ccc(-n3ccnc3)nn2)c2cc[nH]c2n1. The highest BCUT2D eigenvalue weighted by molar-refractivity contribution is 5.93. The number of anilines is 1. The van der Waals surface area contributed by atoms with Crippen LogP contribution in [0.25, 0.3) is 28.1 Å². The number of nitrogens with zero attached hydrogens (tertiary/aromatic N) is 5. The summed E-state index contributed by atoms with van der Waals surface area (Å²) < 4.78 is 1.76. The third-order valence-corrected chi connectivity index (χ3v) is 3.64. The molecular weight excluding hydrogens is 322 g/mol. The van der Waals surface area contributed by atoms with E-state index in [9.17, 15) is 4.79 Å². The average molecular weight is 335 g/mol. The summed E-state index contributed by atoms with van der Waals surface area (Å²) >= 11 is 0. The van der Waals surface area contributed by atoms with Crippen LogP contribution in [-0.2, 0) is 4.79 Å². The van der Waals surface area contributed by atoms with Gasteiger partial charge in [0.1, 0.15) is 24.3 Å². The molecule has 4 aromatic heterocycles. The van der Waals surface area contributed by atoms with E-state index in [1.807, 2.05) is 18.2 Å². The van der Waals surface area contributed by atoms with Crippen molar-refractivity contribution < 1.29 is 9.90 Å². The third kappa shape index (κ3) is 2.90. The molecule has 124 valence electrons. The van der Waals surface area contributed by atoms with Crippen molar-refractivity contribution in [2.75, 3.05) is 11.9 Å². The van der Waals surface area contributed by atoms with Crippen LogP contribution in [0.1, 0.15) is 0 Å². The summed E-state index contributed by atoms with van der Waals surface area (Å²) in [6.45, 7) is -0.218. The summed E-state index contributed by atoms with van der Waals surface area (Å²) in [6, 6.07) is 7.35. The molecule has 0 aliphatic carbocycles. The van der Waals surface area contributed by atoms with Gasteiger partial charge in [0.05, 0.1) is 5.69 Å². The fraction of sp³-hybridized carbons (Fsp3) is 0.0625. The first-order valence-electron chi connectivity index (χ1n) is 7.47. The van der Waals surface area contributed by atoms with Crippen molar-refractivity contribution in [2.24, 2.45) is 0 Å². The summed E-state index contributed by atoms with van der Waals surface area (Å²) in [4.78, 5) is 22.1. The molecule has 0 aliphatic heterocycles. The lowest BCUT2D eigenvalue weighted by molar-refractivity contribution is -0.134. The highest BCUT2D eigenvalue weighted by Gasteiger charge is 2.11. The maximum Gasteiger partial charge on any atom is 0.322 e. The molecule has 3 N–H and O–H groups in total. The van der Waals surface area contributed by atoms with Gasteiger partial charge in [0.2, 0.25) is 0 Å². The van der Waals surface area contributed by atoms with Gasteiger partial charge >= 0.3 is 5.97 Å². The summed E-state index contributed by atoms with van der Waals surface area (Å²) in [6.07, 6.45) is 6.88. The van der Waals surface area contributed by atoms with Crippen LogP contribution in [-0.4, -0.2) is 47.3 Å². The van der Waals surface area contributed by atoms with E-state index in [1.54, 1.807) is 35.6 Å². The van der Waals surface area contributed by atoms with Gasteiger partial charge in [-0.1, -0.05) is 0 Å². The largest absolute Gasteiger partial charge is 0.480 e. The molecule has 0 bridgehead atoms. The second kappa shape index (κ2) is 6.04. The number of H-pyrrole nitrogens is 1. The molecule has 4 aromatic rings. The van der Waals surface area contributed by atoms with Gasteiger partial charge in [0, 0.05) is 29.5 Å². The quantitative estimate of drug-likeness (QED) is 0.507. The summed E-state index contributed by atoms with van der Waals surface area (Å²) in [5, 5.41) is 21.0. The fourth-order valence-electron chi connectivity index (χ4n) is 2.51. The number of hydrogen-bond acceptors (Lipinski definition) is 6. The lowest BCUT2D eigenvalue weighted by Crippen LogP contribution is -2.13. The number of hydrogen-bond donors (Lipinski definition) is 3. The normalized spacial score (nSPS) is 10.9. The molecule has 0 amide bonds. The van der Waals surface area contributed by atoms with Crippen LogP contribution in [0.3, 0.4) is 0 Å². The predicted octanol–water partition coefficient (Wildman–Crippen LogP) is 1.70. The van der Waals surface area contributed by atoms with Crippen molar-refractivity contribution in [3.8, 4) is 17.1 Å². The van der Waals surface area contributed by atoms with Gasteiger partial charge in [-0.25, -0.2) is 9.97 Å². The van der Waals surface area contributed by atoms with E-state index in [1.165, 1.54) is 0 Å². The number of aliphatic carboxylic acids is 1. The molecule has 9 nitrogen and oxygen atoms in total. The van der Waals surface area contributed by atoms with Crippen LogP contribution in [0, 0.1) is 0 Å². The average Bonchev–Trinajstić information content (AvgIpc) is 3.31. The maximum absolute atomic E-state index is 10.8. The Morgan fingerprint density at radius 2 is 2.20 bits per heavy atom. The minimum Gasteiger partial charge on any atom is -0.480 e. The first-order valence-corrected chi connectivity index (χ1v) is 7.47. The lowest BCUT2D eigenvalue weighted by atomic mass is 10.1. The van der Waals surface area contributed by atoms with Crippen LogP contribution in [0.2, 0.25) is 0 Å². The molecule has 0 saturated heterocycles. The van der Waals surface area contributed by atoms with Gasteiger partial charge in [-0.2, -0.15) is 0 Å². The number of imidazole rings is 1. The molecule has 25 heavy (non-hydrogen) atoms. The van der Waals surface area contributed by atoms with E-state index in [-0.39, 0.29) is 6.54 Å². The zero-order valence-electron chi connectivity index (χ0n) is 12.9. The Hall–Kier alpha value is -3.75. The highest BCUT2D eigenvalue weighted by Crippen LogP contribution is 2.28. The molecule has 0 aliphatic rings. The van der Waals surface area contributed by atoms with Gasteiger partial charge in [-0.05, 0) is 24.3 Å². The Balaban J connectivity index is 1.74. The highest BCUT2D eigenvalue weighted by atomic mass is 16.4. The smallest absolute Gasteiger partial charge is 0.322 e. The molecule has 4 heterocycles. The molecular formula is C16H13N7O2. The first-order chi connectivity index (χ1) is 12.2. The van der Waals surface area contributed by atoms with Crippen LogP contribution >= 0.6 is 0 Å². The number of carbonyl (C=O) groups is 1. The Bertz CT molecular complexity index is 1020. The molecule has 0 radical (unpaired) electrons. The van der Waals surface area contributed by atoms with Crippen LogP contribution < -0.4 is 5.32 Å². The Kier molecular flexibility index (Phi) is 3.58. The van der Waals surface area contributed by atoms with E-state index in [2.05, 4.69) is 30.5 Å². The third-order valence-electron chi connectivity index (χ3n) is 3.64.